The van der Waals surface area contributed by atoms with Crippen molar-refractivity contribution in [3.05, 3.63) is 0 Å². The molecule has 0 rings (SSSR count). The van der Waals surface area contributed by atoms with E-state index in [0.29, 0.717) is 13.0 Å². The van der Waals surface area contributed by atoms with Crippen molar-refractivity contribution in [1.29, 1.82) is 0 Å². The highest BCUT2D eigenvalue weighted by molar-refractivity contribution is 5.69. The number of carbonyl (C=O) groups is 1. The van der Waals surface area contributed by atoms with Crippen molar-refractivity contribution >= 4 is 5.97 Å². The molecule has 0 bridgehead atoms. The van der Waals surface area contributed by atoms with Crippen molar-refractivity contribution < 1.29 is 14.0 Å². The zero-order valence-corrected chi connectivity index (χ0v) is 20.9. The molecule has 0 saturated carbocycles. The van der Waals surface area contributed by atoms with E-state index in [-0.39, 0.29) is 5.97 Å². The summed E-state index contributed by atoms with van der Waals surface area (Å²) in [4.78, 5) is 11.8. The molecule has 3 heteroatoms. The third kappa shape index (κ3) is 20.5. The Morgan fingerprint density at radius 3 is 1.72 bits per heavy atom. The lowest BCUT2D eigenvalue weighted by atomic mass is 9.86. The maximum atomic E-state index is 11.8. The Kier molecular flexibility index (Phi) is 17.9. The molecular formula is C26H54NO2+. The van der Waals surface area contributed by atoms with Crippen LogP contribution in [0.25, 0.3) is 0 Å². The van der Waals surface area contributed by atoms with E-state index in [9.17, 15) is 4.79 Å². The molecule has 3 nitrogen and oxygen atoms in total. The zero-order chi connectivity index (χ0) is 22.0. The van der Waals surface area contributed by atoms with Crippen molar-refractivity contribution in [2.75, 3.05) is 34.3 Å². The van der Waals surface area contributed by atoms with Crippen LogP contribution in [0.2, 0.25) is 0 Å². The fraction of sp³-hybridized carbons (Fsp3) is 0.962. The van der Waals surface area contributed by atoms with Gasteiger partial charge in [0, 0.05) is 12.8 Å². The van der Waals surface area contributed by atoms with E-state index in [4.69, 9.17) is 4.74 Å². The molecule has 0 amide bonds. The van der Waals surface area contributed by atoms with Crippen LogP contribution >= 0.6 is 0 Å². The second-order valence-electron chi connectivity index (χ2n) is 10.4. The quantitative estimate of drug-likeness (QED) is 0.118. The van der Waals surface area contributed by atoms with Crippen LogP contribution in [0.15, 0.2) is 0 Å². The molecular weight excluding hydrogens is 358 g/mol. The molecule has 0 aliphatic rings. The minimum Gasteiger partial charge on any atom is -0.465 e. The van der Waals surface area contributed by atoms with Crippen LogP contribution in [-0.2, 0) is 9.53 Å². The number of esters is 1. The number of hydrogen-bond acceptors (Lipinski definition) is 2. The van der Waals surface area contributed by atoms with E-state index in [0.717, 1.165) is 42.1 Å². The molecule has 2 atom stereocenters. The van der Waals surface area contributed by atoms with Crippen LogP contribution < -0.4 is 0 Å². The van der Waals surface area contributed by atoms with Gasteiger partial charge in [-0.15, -0.1) is 0 Å². The summed E-state index contributed by atoms with van der Waals surface area (Å²) in [5.41, 5.74) is 0. The van der Waals surface area contributed by atoms with E-state index in [1.807, 2.05) is 0 Å². The highest BCUT2D eigenvalue weighted by Crippen LogP contribution is 2.24. The van der Waals surface area contributed by atoms with Gasteiger partial charge in [0.05, 0.1) is 34.3 Å². The zero-order valence-electron chi connectivity index (χ0n) is 20.9. The van der Waals surface area contributed by atoms with Gasteiger partial charge in [0.2, 0.25) is 0 Å². The lowest BCUT2D eigenvalue weighted by Gasteiger charge is -2.23. The number of nitrogens with zero attached hydrogens (tertiary/aromatic N) is 1. The molecule has 174 valence electrons. The van der Waals surface area contributed by atoms with Gasteiger partial charge in [-0.25, -0.2) is 0 Å². The number of ether oxygens (including phenoxy) is 1. The Labute approximate surface area is 183 Å². The van der Waals surface area contributed by atoms with Crippen molar-refractivity contribution in [2.24, 2.45) is 11.8 Å². The SMILES string of the molecule is CCCCCCCCC(C)C(C)CCCCCCCC(=O)OCCC[N+](C)(C)C. The molecule has 0 heterocycles. The Balaban J connectivity index is 3.46. The summed E-state index contributed by atoms with van der Waals surface area (Å²) in [5.74, 6) is 1.71. The van der Waals surface area contributed by atoms with Crippen LogP contribution in [-0.4, -0.2) is 44.7 Å². The average molecular weight is 413 g/mol. The molecule has 0 aliphatic heterocycles. The maximum absolute atomic E-state index is 11.8. The first-order chi connectivity index (χ1) is 13.8. The first kappa shape index (κ1) is 28.4. The van der Waals surface area contributed by atoms with Gasteiger partial charge < -0.3 is 9.22 Å². The van der Waals surface area contributed by atoms with Gasteiger partial charge in [-0.3, -0.25) is 4.79 Å². The van der Waals surface area contributed by atoms with E-state index in [2.05, 4.69) is 41.9 Å². The monoisotopic (exact) mass is 412 g/mol. The molecule has 0 aromatic rings. The molecule has 2 unspecified atom stereocenters. The standard InChI is InChI=1S/C26H54NO2/c1-7-8-9-10-12-15-19-24(2)25(3)20-16-13-11-14-17-21-26(28)29-23-18-22-27(4,5)6/h24-25H,7-23H2,1-6H3/q+1. The number of hydrogen-bond donors (Lipinski definition) is 0. The first-order valence-corrected chi connectivity index (χ1v) is 12.7. The van der Waals surface area contributed by atoms with Crippen molar-refractivity contribution in [1.82, 2.24) is 0 Å². The summed E-state index contributed by atoms with van der Waals surface area (Å²) in [6, 6.07) is 0. The lowest BCUT2D eigenvalue weighted by Crippen LogP contribution is -2.35. The first-order valence-electron chi connectivity index (χ1n) is 12.7. The molecule has 0 aromatic heterocycles. The predicted octanol–water partition coefficient (Wildman–Crippen LogP) is 7.38. The van der Waals surface area contributed by atoms with E-state index in [1.165, 1.54) is 70.6 Å². The van der Waals surface area contributed by atoms with Crippen LogP contribution in [0.4, 0.5) is 0 Å². The lowest BCUT2D eigenvalue weighted by molar-refractivity contribution is -0.870. The Hall–Kier alpha value is -0.570. The van der Waals surface area contributed by atoms with E-state index >= 15 is 0 Å². The smallest absolute Gasteiger partial charge is 0.305 e. The molecule has 0 aliphatic carbocycles. The summed E-state index contributed by atoms with van der Waals surface area (Å²) in [5, 5.41) is 0. The molecule has 29 heavy (non-hydrogen) atoms. The van der Waals surface area contributed by atoms with Gasteiger partial charge >= 0.3 is 5.97 Å². The summed E-state index contributed by atoms with van der Waals surface area (Å²) < 4.78 is 6.26. The van der Waals surface area contributed by atoms with Gasteiger partial charge in [-0.2, -0.15) is 0 Å². The van der Waals surface area contributed by atoms with Crippen molar-refractivity contribution in [3.8, 4) is 0 Å². The summed E-state index contributed by atoms with van der Waals surface area (Å²) in [6.07, 6.45) is 18.8. The van der Waals surface area contributed by atoms with Crippen LogP contribution in [0, 0.1) is 11.8 Å². The highest BCUT2D eigenvalue weighted by Gasteiger charge is 2.12. The molecule has 0 aromatic carbocycles. The van der Waals surface area contributed by atoms with Crippen molar-refractivity contribution in [2.45, 2.75) is 117 Å². The van der Waals surface area contributed by atoms with Gasteiger partial charge in [-0.1, -0.05) is 97.8 Å². The number of unbranched alkanes of at least 4 members (excludes halogenated alkanes) is 9. The summed E-state index contributed by atoms with van der Waals surface area (Å²) >= 11 is 0. The van der Waals surface area contributed by atoms with E-state index < -0.39 is 0 Å². The van der Waals surface area contributed by atoms with Crippen LogP contribution in [0.1, 0.15) is 117 Å². The fourth-order valence-electron chi connectivity index (χ4n) is 3.88. The second-order valence-corrected chi connectivity index (χ2v) is 10.4. The summed E-state index contributed by atoms with van der Waals surface area (Å²) in [7, 11) is 6.50. The van der Waals surface area contributed by atoms with E-state index in [1.54, 1.807) is 0 Å². The second kappa shape index (κ2) is 18.2. The Morgan fingerprint density at radius 2 is 1.21 bits per heavy atom. The molecule has 0 spiro atoms. The minimum absolute atomic E-state index is 0.0106. The fourth-order valence-corrected chi connectivity index (χ4v) is 3.88. The molecule has 0 radical (unpaired) electrons. The largest absolute Gasteiger partial charge is 0.465 e. The van der Waals surface area contributed by atoms with Gasteiger partial charge in [0.15, 0.2) is 0 Å². The Bertz CT molecular complexity index is 375. The maximum Gasteiger partial charge on any atom is 0.305 e. The van der Waals surface area contributed by atoms with Gasteiger partial charge in [0.25, 0.3) is 0 Å². The van der Waals surface area contributed by atoms with Gasteiger partial charge in [-0.05, 0) is 18.3 Å². The molecule has 0 N–H and O–H groups in total. The molecule has 0 fully saturated rings. The highest BCUT2D eigenvalue weighted by atomic mass is 16.5. The normalized spacial score (nSPS) is 14.0. The Morgan fingerprint density at radius 1 is 0.724 bits per heavy atom. The topological polar surface area (TPSA) is 26.3 Å². The predicted molar refractivity (Wildman–Crippen MR) is 127 cm³/mol. The van der Waals surface area contributed by atoms with Crippen LogP contribution in [0.5, 0.6) is 0 Å². The van der Waals surface area contributed by atoms with Crippen molar-refractivity contribution in [3.63, 3.8) is 0 Å². The number of quaternary nitrogens is 1. The number of carbonyl (C=O) groups excluding carboxylic acids is 1. The van der Waals surface area contributed by atoms with Gasteiger partial charge in [0.1, 0.15) is 0 Å². The third-order valence-electron chi connectivity index (χ3n) is 6.26. The minimum atomic E-state index is -0.0106. The summed E-state index contributed by atoms with van der Waals surface area (Å²) in [6.45, 7) is 8.79. The number of rotatable bonds is 20. The van der Waals surface area contributed by atoms with Crippen LogP contribution in [0.3, 0.4) is 0 Å². The third-order valence-corrected chi connectivity index (χ3v) is 6.26. The average Bonchev–Trinajstić information content (AvgIpc) is 2.66. The molecule has 0 saturated heterocycles.